The van der Waals surface area contributed by atoms with Gasteiger partial charge in [0.2, 0.25) is 5.78 Å². The summed E-state index contributed by atoms with van der Waals surface area (Å²) in [6.45, 7) is 1.82. The molecule has 0 fully saturated rings. The van der Waals surface area contributed by atoms with Gasteiger partial charge in [-0.3, -0.25) is 9.78 Å². The van der Waals surface area contributed by atoms with E-state index in [1.807, 2.05) is 6.92 Å². The Morgan fingerprint density at radius 2 is 2.06 bits per heavy atom. The molecule has 0 saturated carbocycles. The molecule has 4 heteroatoms. The monoisotopic (exact) mass is 245 g/mol. The van der Waals surface area contributed by atoms with Crippen LogP contribution in [0.15, 0.2) is 36.5 Å². The van der Waals surface area contributed by atoms with Gasteiger partial charge >= 0.3 is 0 Å². The van der Waals surface area contributed by atoms with Gasteiger partial charge in [0.1, 0.15) is 17.1 Å². The number of hydrogen-bond acceptors (Lipinski definition) is 3. The van der Waals surface area contributed by atoms with Crippen LogP contribution in [0.1, 0.15) is 21.6 Å². The average molecular weight is 245 g/mol. The Labute approximate surface area is 104 Å². The van der Waals surface area contributed by atoms with E-state index < -0.39 is 11.6 Å². The summed E-state index contributed by atoms with van der Waals surface area (Å²) in [4.78, 5) is 16.2. The quantitative estimate of drug-likeness (QED) is 0.780. The lowest BCUT2D eigenvalue weighted by molar-refractivity contribution is 0.103. The SMILES string of the molecule is COc1cccc(F)c1C(=O)c1ccc(C)nc1. The summed E-state index contributed by atoms with van der Waals surface area (Å²) < 4.78 is 18.7. The van der Waals surface area contributed by atoms with Crippen LogP contribution in [-0.4, -0.2) is 17.9 Å². The first-order valence-corrected chi connectivity index (χ1v) is 5.43. The van der Waals surface area contributed by atoms with E-state index in [-0.39, 0.29) is 11.3 Å². The average Bonchev–Trinajstić information content (AvgIpc) is 2.38. The molecule has 92 valence electrons. The molecule has 0 unspecified atom stereocenters. The fraction of sp³-hybridized carbons (Fsp3) is 0.143. The summed E-state index contributed by atoms with van der Waals surface area (Å²) in [6.07, 6.45) is 1.43. The molecule has 1 heterocycles. The first-order chi connectivity index (χ1) is 8.63. The van der Waals surface area contributed by atoms with E-state index in [2.05, 4.69) is 4.98 Å². The van der Waals surface area contributed by atoms with Crippen LogP contribution in [-0.2, 0) is 0 Å². The van der Waals surface area contributed by atoms with Crippen molar-refractivity contribution in [3.63, 3.8) is 0 Å². The van der Waals surface area contributed by atoms with Crippen molar-refractivity contribution in [1.29, 1.82) is 0 Å². The van der Waals surface area contributed by atoms with Crippen LogP contribution in [0.2, 0.25) is 0 Å². The molecule has 0 aliphatic carbocycles. The highest BCUT2D eigenvalue weighted by Gasteiger charge is 2.19. The number of hydrogen-bond donors (Lipinski definition) is 0. The summed E-state index contributed by atoms with van der Waals surface area (Å²) in [7, 11) is 1.40. The topological polar surface area (TPSA) is 39.2 Å². The van der Waals surface area contributed by atoms with Crippen LogP contribution in [0.4, 0.5) is 4.39 Å². The second-order valence-corrected chi connectivity index (χ2v) is 3.83. The number of pyridine rings is 1. The first kappa shape index (κ1) is 12.2. The highest BCUT2D eigenvalue weighted by Crippen LogP contribution is 2.24. The molecule has 0 aliphatic rings. The minimum absolute atomic E-state index is 0.0642. The second-order valence-electron chi connectivity index (χ2n) is 3.83. The molecule has 1 aromatic carbocycles. The molecule has 0 aliphatic heterocycles. The van der Waals surface area contributed by atoms with Gasteiger partial charge in [-0.15, -0.1) is 0 Å². The number of halogens is 1. The van der Waals surface area contributed by atoms with E-state index in [1.165, 1.54) is 25.4 Å². The van der Waals surface area contributed by atoms with Crippen molar-refractivity contribution in [2.75, 3.05) is 7.11 Å². The number of carbonyl (C=O) groups is 1. The molecule has 0 atom stereocenters. The normalized spacial score (nSPS) is 10.2. The molecule has 0 amide bonds. The summed E-state index contributed by atoms with van der Waals surface area (Å²) in [5, 5.41) is 0. The van der Waals surface area contributed by atoms with E-state index in [0.717, 1.165) is 5.69 Å². The summed E-state index contributed by atoms with van der Waals surface area (Å²) >= 11 is 0. The standard InChI is InChI=1S/C14H12FNO2/c1-9-6-7-10(8-16-9)14(17)13-11(15)4-3-5-12(13)18-2/h3-8H,1-2H3. The summed E-state index contributed by atoms with van der Waals surface area (Å²) in [5.74, 6) is -0.807. The number of ether oxygens (including phenoxy) is 1. The van der Waals surface area contributed by atoms with Gasteiger partial charge in [0.15, 0.2) is 0 Å². The van der Waals surface area contributed by atoms with Gasteiger partial charge in [0, 0.05) is 17.5 Å². The number of ketones is 1. The zero-order valence-electron chi connectivity index (χ0n) is 10.1. The lowest BCUT2D eigenvalue weighted by Gasteiger charge is -2.08. The third-order valence-electron chi connectivity index (χ3n) is 2.60. The van der Waals surface area contributed by atoms with Gasteiger partial charge in [-0.05, 0) is 31.2 Å². The summed E-state index contributed by atoms with van der Waals surface area (Å²) in [6, 6.07) is 7.62. The number of carbonyl (C=O) groups excluding carboxylic acids is 1. The minimum Gasteiger partial charge on any atom is -0.496 e. The molecule has 1 aromatic heterocycles. The maximum atomic E-state index is 13.7. The van der Waals surface area contributed by atoms with Gasteiger partial charge in [-0.25, -0.2) is 4.39 Å². The van der Waals surface area contributed by atoms with Crippen LogP contribution in [0.3, 0.4) is 0 Å². The van der Waals surface area contributed by atoms with Crippen molar-refractivity contribution < 1.29 is 13.9 Å². The molecule has 3 nitrogen and oxygen atoms in total. The maximum Gasteiger partial charge on any atom is 0.201 e. The number of aromatic nitrogens is 1. The fourth-order valence-electron chi connectivity index (χ4n) is 1.64. The molecule has 2 aromatic rings. The molecular formula is C14H12FNO2. The lowest BCUT2D eigenvalue weighted by atomic mass is 10.0. The van der Waals surface area contributed by atoms with Crippen molar-refractivity contribution in [3.8, 4) is 5.75 Å². The first-order valence-electron chi connectivity index (χ1n) is 5.43. The van der Waals surface area contributed by atoms with Crippen LogP contribution in [0, 0.1) is 12.7 Å². The molecule has 2 rings (SSSR count). The minimum atomic E-state index is -0.597. The van der Waals surface area contributed by atoms with Crippen molar-refractivity contribution >= 4 is 5.78 Å². The van der Waals surface area contributed by atoms with Crippen molar-refractivity contribution in [2.45, 2.75) is 6.92 Å². The van der Waals surface area contributed by atoms with Gasteiger partial charge in [0.05, 0.1) is 7.11 Å². The van der Waals surface area contributed by atoms with Crippen molar-refractivity contribution in [3.05, 3.63) is 59.2 Å². The smallest absolute Gasteiger partial charge is 0.201 e. The van der Waals surface area contributed by atoms with Crippen molar-refractivity contribution in [2.24, 2.45) is 0 Å². The third kappa shape index (κ3) is 2.22. The number of nitrogens with zero attached hydrogens (tertiary/aromatic N) is 1. The Kier molecular flexibility index (Phi) is 3.37. The predicted octanol–water partition coefficient (Wildman–Crippen LogP) is 2.77. The van der Waals surface area contributed by atoms with Gasteiger partial charge in [0.25, 0.3) is 0 Å². The van der Waals surface area contributed by atoms with Crippen LogP contribution < -0.4 is 4.74 Å². The number of benzene rings is 1. The van der Waals surface area contributed by atoms with Gasteiger partial charge < -0.3 is 4.74 Å². The molecule has 0 saturated heterocycles. The Bertz CT molecular complexity index is 579. The predicted molar refractivity (Wildman–Crippen MR) is 65.4 cm³/mol. The van der Waals surface area contributed by atoms with E-state index in [1.54, 1.807) is 18.2 Å². The molecule has 0 N–H and O–H groups in total. The highest BCUT2D eigenvalue weighted by molar-refractivity contribution is 6.10. The Balaban J connectivity index is 2.49. The highest BCUT2D eigenvalue weighted by atomic mass is 19.1. The second kappa shape index (κ2) is 4.96. The third-order valence-corrected chi connectivity index (χ3v) is 2.60. The zero-order valence-corrected chi connectivity index (χ0v) is 10.1. The summed E-state index contributed by atoms with van der Waals surface area (Å²) in [5.41, 5.74) is 1.07. The molecule has 18 heavy (non-hydrogen) atoms. The Morgan fingerprint density at radius 1 is 1.28 bits per heavy atom. The lowest BCUT2D eigenvalue weighted by Crippen LogP contribution is -2.07. The fourth-order valence-corrected chi connectivity index (χ4v) is 1.64. The van der Waals surface area contributed by atoms with Crippen molar-refractivity contribution in [1.82, 2.24) is 4.98 Å². The van der Waals surface area contributed by atoms with Crippen LogP contribution >= 0.6 is 0 Å². The van der Waals surface area contributed by atoms with E-state index in [9.17, 15) is 9.18 Å². The van der Waals surface area contributed by atoms with E-state index >= 15 is 0 Å². The molecule has 0 radical (unpaired) electrons. The number of methoxy groups -OCH3 is 1. The largest absolute Gasteiger partial charge is 0.496 e. The Hall–Kier alpha value is -2.23. The Morgan fingerprint density at radius 3 is 2.67 bits per heavy atom. The maximum absolute atomic E-state index is 13.7. The van der Waals surface area contributed by atoms with Gasteiger partial charge in [-0.2, -0.15) is 0 Å². The van der Waals surface area contributed by atoms with Gasteiger partial charge in [-0.1, -0.05) is 6.07 Å². The number of rotatable bonds is 3. The zero-order chi connectivity index (χ0) is 13.1. The van der Waals surface area contributed by atoms with Crippen LogP contribution in [0.25, 0.3) is 0 Å². The molecule has 0 spiro atoms. The van der Waals surface area contributed by atoms with E-state index in [0.29, 0.717) is 5.56 Å². The number of aryl methyl sites for hydroxylation is 1. The van der Waals surface area contributed by atoms with Crippen LogP contribution in [0.5, 0.6) is 5.75 Å². The molecular weight excluding hydrogens is 233 g/mol. The molecule has 0 bridgehead atoms. The van der Waals surface area contributed by atoms with E-state index in [4.69, 9.17) is 4.74 Å².